The average Bonchev–Trinajstić information content (AvgIpc) is 2.62. The molecule has 1 fully saturated rings. The normalized spacial score (nSPS) is 14.1. The predicted molar refractivity (Wildman–Crippen MR) is 90.6 cm³/mol. The molecule has 0 atom stereocenters. The summed E-state index contributed by atoms with van der Waals surface area (Å²) >= 11 is 0. The van der Waals surface area contributed by atoms with Crippen LogP contribution in [0.3, 0.4) is 0 Å². The molecule has 5 nitrogen and oxygen atoms in total. The van der Waals surface area contributed by atoms with E-state index in [1.54, 1.807) is 24.3 Å². The number of piperazine rings is 1. The van der Waals surface area contributed by atoms with Crippen molar-refractivity contribution in [2.75, 3.05) is 36.4 Å². The van der Waals surface area contributed by atoms with E-state index in [2.05, 4.69) is 21.6 Å². The Balaban J connectivity index is 1.83. The number of hydrogen-bond acceptors (Lipinski definition) is 4. The lowest BCUT2D eigenvalue weighted by Crippen LogP contribution is -2.44. The SMILES string of the molecule is N#Cc1cccc(NC(=O)c2ccccc2N2CCNCC2)c1. The number of carbonyl (C=O) groups is 1. The van der Waals surface area contributed by atoms with Crippen molar-refractivity contribution >= 4 is 17.3 Å². The van der Waals surface area contributed by atoms with Gasteiger partial charge in [0.2, 0.25) is 0 Å². The van der Waals surface area contributed by atoms with E-state index in [1.165, 1.54) is 0 Å². The summed E-state index contributed by atoms with van der Waals surface area (Å²) in [6.45, 7) is 3.60. The summed E-state index contributed by atoms with van der Waals surface area (Å²) in [5.41, 5.74) is 2.75. The van der Waals surface area contributed by atoms with E-state index < -0.39 is 0 Å². The van der Waals surface area contributed by atoms with Crippen LogP contribution in [-0.2, 0) is 0 Å². The van der Waals surface area contributed by atoms with Gasteiger partial charge in [0.15, 0.2) is 0 Å². The van der Waals surface area contributed by atoms with Crippen LogP contribution in [0.15, 0.2) is 48.5 Å². The molecule has 1 saturated heterocycles. The first-order valence-electron chi connectivity index (χ1n) is 7.64. The Morgan fingerprint density at radius 2 is 1.91 bits per heavy atom. The molecule has 2 aromatic carbocycles. The summed E-state index contributed by atoms with van der Waals surface area (Å²) in [4.78, 5) is 14.9. The molecule has 1 aliphatic heterocycles. The molecule has 0 aromatic heterocycles. The molecule has 2 aromatic rings. The lowest BCUT2D eigenvalue weighted by molar-refractivity contribution is 0.102. The second-order valence-electron chi connectivity index (χ2n) is 5.40. The van der Waals surface area contributed by atoms with Gasteiger partial charge in [0, 0.05) is 37.6 Å². The third-order valence-electron chi connectivity index (χ3n) is 3.86. The zero-order valence-corrected chi connectivity index (χ0v) is 12.7. The van der Waals surface area contributed by atoms with Crippen LogP contribution >= 0.6 is 0 Å². The molecule has 3 rings (SSSR count). The molecule has 0 spiro atoms. The number of rotatable bonds is 3. The van der Waals surface area contributed by atoms with Gasteiger partial charge >= 0.3 is 0 Å². The third-order valence-corrected chi connectivity index (χ3v) is 3.86. The van der Waals surface area contributed by atoms with Crippen molar-refractivity contribution < 1.29 is 4.79 Å². The smallest absolute Gasteiger partial charge is 0.257 e. The minimum absolute atomic E-state index is 0.158. The van der Waals surface area contributed by atoms with Gasteiger partial charge in [-0.1, -0.05) is 18.2 Å². The van der Waals surface area contributed by atoms with Crippen molar-refractivity contribution in [3.05, 3.63) is 59.7 Å². The molecule has 23 heavy (non-hydrogen) atoms. The van der Waals surface area contributed by atoms with Crippen molar-refractivity contribution in [1.29, 1.82) is 5.26 Å². The van der Waals surface area contributed by atoms with Gasteiger partial charge in [0.25, 0.3) is 5.91 Å². The fourth-order valence-corrected chi connectivity index (χ4v) is 2.71. The topological polar surface area (TPSA) is 68.2 Å². The van der Waals surface area contributed by atoms with E-state index in [4.69, 9.17) is 5.26 Å². The summed E-state index contributed by atoms with van der Waals surface area (Å²) in [6.07, 6.45) is 0. The Labute approximate surface area is 135 Å². The van der Waals surface area contributed by atoms with Crippen LogP contribution in [-0.4, -0.2) is 32.1 Å². The second kappa shape index (κ2) is 6.95. The maximum absolute atomic E-state index is 12.6. The quantitative estimate of drug-likeness (QED) is 0.912. The van der Waals surface area contributed by atoms with Gasteiger partial charge in [0.05, 0.1) is 17.2 Å². The molecule has 0 radical (unpaired) electrons. The summed E-state index contributed by atoms with van der Waals surface area (Å²) in [5.74, 6) is -0.158. The van der Waals surface area contributed by atoms with Gasteiger partial charge in [-0.25, -0.2) is 0 Å². The highest BCUT2D eigenvalue weighted by molar-refractivity contribution is 6.08. The minimum atomic E-state index is -0.158. The molecule has 0 bridgehead atoms. The van der Waals surface area contributed by atoms with Crippen LogP contribution in [0, 0.1) is 11.3 Å². The summed E-state index contributed by atoms with van der Waals surface area (Å²) in [7, 11) is 0. The van der Waals surface area contributed by atoms with E-state index in [1.807, 2.05) is 24.3 Å². The second-order valence-corrected chi connectivity index (χ2v) is 5.40. The average molecular weight is 306 g/mol. The van der Waals surface area contributed by atoms with Gasteiger partial charge in [-0.3, -0.25) is 4.79 Å². The molecule has 116 valence electrons. The summed E-state index contributed by atoms with van der Waals surface area (Å²) in [5, 5.41) is 15.1. The number of anilines is 2. The first-order valence-corrected chi connectivity index (χ1v) is 7.64. The first kappa shape index (κ1) is 15.1. The molecule has 0 aliphatic carbocycles. The zero-order valence-electron chi connectivity index (χ0n) is 12.7. The number of nitriles is 1. The molecular formula is C18H18N4O. The molecule has 2 N–H and O–H groups in total. The Morgan fingerprint density at radius 3 is 2.70 bits per heavy atom. The van der Waals surface area contributed by atoms with Crippen molar-refractivity contribution in [3.63, 3.8) is 0 Å². The highest BCUT2D eigenvalue weighted by Crippen LogP contribution is 2.22. The molecule has 1 amide bonds. The summed E-state index contributed by atoms with van der Waals surface area (Å²) < 4.78 is 0. The van der Waals surface area contributed by atoms with Crippen LogP contribution in [0.4, 0.5) is 11.4 Å². The molecule has 1 heterocycles. The maximum atomic E-state index is 12.6. The number of nitrogens with one attached hydrogen (secondary N) is 2. The van der Waals surface area contributed by atoms with Crippen molar-refractivity contribution in [1.82, 2.24) is 5.32 Å². The molecular weight excluding hydrogens is 288 g/mol. The standard InChI is InChI=1S/C18H18N4O/c19-13-14-4-3-5-15(12-14)21-18(23)16-6-1-2-7-17(16)22-10-8-20-9-11-22/h1-7,12,20H,8-11H2,(H,21,23). The lowest BCUT2D eigenvalue weighted by atomic mass is 10.1. The Kier molecular flexibility index (Phi) is 4.55. The van der Waals surface area contributed by atoms with Crippen LogP contribution in [0.2, 0.25) is 0 Å². The van der Waals surface area contributed by atoms with Crippen molar-refractivity contribution in [3.8, 4) is 6.07 Å². The monoisotopic (exact) mass is 306 g/mol. The number of benzene rings is 2. The van der Waals surface area contributed by atoms with Crippen LogP contribution < -0.4 is 15.5 Å². The molecule has 5 heteroatoms. The van der Waals surface area contributed by atoms with E-state index in [0.29, 0.717) is 16.8 Å². The molecule has 0 unspecified atom stereocenters. The minimum Gasteiger partial charge on any atom is -0.368 e. The van der Waals surface area contributed by atoms with Crippen molar-refractivity contribution in [2.24, 2.45) is 0 Å². The van der Waals surface area contributed by atoms with Crippen molar-refractivity contribution in [2.45, 2.75) is 0 Å². The largest absolute Gasteiger partial charge is 0.368 e. The summed E-state index contributed by atoms with van der Waals surface area (Å²) in [6, 6.07) is 16.6. The fraction of sp³-hybridized carbons (Fsp3) is 0.222. The van der Waals surface area contributed by atoms with Gasteiger partial charge in [-0.05, 0) is 30.3 Å². The number of hydrogen-bond donors (Lipinski definition) is 2. The number of para-hydroxylation sites is 1. The highest BCUT2D eigenvalue weighted by atomic mass is 16.1. The third kappa shape index (κ3) is 3.50. The maximum Gasteiger partial charge on any atom is 0.257 e. The van der Waals surface area contributed by atoms with Gasteiger partial charge in [0.1, 0.15) is 0 Å². The molecule has 0 saturated carbocycles. The number of nitrogens with zero attached hydrogens (tertiary/aromatic N) is 2. The van der Waals surface area contributed by atoms with Crippen LogP contribution in [0.1, 0.15) is 15.9 Å². The highest BCUT2D eigenvalue weighted by Gasteiger charge is 2.18. The van der Waals surface area contributed by atoms with Crippen LogP contribution in [0.5, 0.6) is 0 Å². The fourth-order valence-electron chi connectivity index (χ4n) is 2.71. The van der Waals surface area contributed by atoms with Gasteiger partial charge in [-0.15, -0.1) is 0 Å². The Hall–Kier alpha value is -2.84. The van der Waals surface area contributed by atoms with E-state index in [0.717, 1.165) is 31.9 Å². The Bertz CT molecular complexity index is 745. The zero-order chi connectivity index (χ0) is 16.1. The lowest BCUT2D eigenvalue weighted by Gasteiger charge is -2.30. The van der Waals surface area contributed by atoms with Crippen LogP contribution in [0.25, 0.3) is 0 Å². The first-order chi connectivity index (χ1) is 11.3. The predicted octanol–water partition coefficient (Wildman–Crippen LogP) is 2.22. The van der Waals surface area contributed by atoms with E-state index in [-0.39, 0.29) is 5.91 Å². The Morgan fingerprint density at radius 1 is 1.13 bits per heavy atom. The van der Waals surface area contributed by atoms with E-state index >= 15 is 0 Å². The van der Waals surface area contributed by atoms with Gasteiger partial charge in [-0.2, -0.15) is 5.26 Å². The van der Waals surface area contributed by atoms with E-state index in [9.17, 15) is 4.79 Å². The number of carbonyl (C=O) groups excluding carboxylic acids is 1. The van der Waals surface area contributed by atoms with Gasteiger partial charge < -0.3 is 15.5 Å². The number of amides is 1. The molecule has 1 aliphatic rings.